The molecule has 0 spiro atoms. The van der Waals surface area contributed by atoms with Gasteiger partial charge in [0.05, 0.1) is 18.2 Å². The van der Waals surface area contributed by atoms with Gasteiger partial charge in [0.2, 0.25) is 0 Å². The minimum absolute atomic E-state index is 0.0775. The van der Waals surface area contributed by atoms with Gasteiger partial charge in [0, 0.05) is 19.6 Å². The Balaban J connectivity index is 2.13. The fraction of sp³-hybridized carbons (Fsp3) is 0.444. The van der Waals surface area contributed by atoms with Gasteiger partial charge in [0.25, 0.3) is 0 Å². The first-order chi connectivity index (χ1) is 12.0. The number of hydrogen-bond acceptors (Lipinski definition) is 6. The van der Waals surface area contributed by atoms with E-state index in [2.05, 4.69) is 0 Å². The van der Waals surface area contributed by atoms with E-state index in [1.54, 1.807) is 12.1 Å². The molecule has 25 heavy (non-hydrogen) atoms. The summed E-state index contributed by atoms with van der Waals surface area (Å²) in [7, 11) is 3.04. The third-order valence-electron chi connectivity index (χ3n) is 3.47. The number of rotatable bonds is 10. The monoisotopic (exact) mass is 370 g/mol. The maximum Gasteiger partial charge on any atom is 0.145 e. The van der Waals surface area contributed by atoms with E-state index < -0.39 is 12.2 Å². The first-order valence-corrected chi connectivity index (χ1v) is 8.24. The predicted molar refractivity (Wildman–Crippen MR) is 95.7 cm³/mol. The van der Waals surface area contributed by atoms with Gasteiger partial charge in [-0.1, -0.05) is 17.7 Å². The topological polar surface area (TPSA) is 77.4 Å². The molecule has 2 rings (SSSR count). The predicted octanol–water partition coefficient (Wildman–Crippen LogP) is 2.27. The molecule has 2 aromatic carbocycles. The number of ether oxygens (including phenoxy) is 4. The zero-order valence-corrected chi connectivity index (χ0v) is 15.0. The summed E-state index contributed by atoms with van der Waals surface area (Å²) in [6.07, 6.45) is -1.42. The molecule has 0 saturated heterocycles. The molecule has 6 nitrogen and oxygen atoms in total. The Bertz CT molecular complexity index is 678. The second-order valence-electron chi connectivity index (χ2n) is 5.60. The molecule has 0 aliphatic heterocycles. The zero-order valence-electron chi connectivity index (χ0n) is 14.3. The highest BCUT2D eigenvalue weighted by atomic mass is 35.5. The van der Waals surface area contributed by atoms with Gasteiger partial charge in [0.1, 0.15) is 36.9 Å². The molecule has 0 aliphatic carbocycles. The first-order valence-electron chi connectivity index (χ1n) is 7.87. The molecule has 0 bridgehead atoms. The third kappa shape index (κ3) is 5.73. The van der Waals surface area contributed by atoms with Gasteiger partial charge in [-0.05, 0) is 29.7 Å². The highest BCUT2D eigenvalue weighted by Crippen LogP contribution is 2.35. The Kier molecular flexibility index (Phi) is 7.74. The van der Waals surface area contributed by atoms with E-state index in [0.717, 1.165) is 10.8 Å². The fourth-order valence-electron chi connectivity index (χ4n) is 2.34. The fourth-order valence-corrected chi connectivity index (χ4v) is 2.56. The molecule has 2 N–H and O–H groups in total. The summed E-state index contributed by atoms with van der Waals surface area (Å²) >= 11 is 6.22. The lowest BCUT2D eigenvalue weighted by Gasteiger charge is -2.15. The van der Waals surface area contributed by atoms with Crippen molar-refractivity contribution in [3.63, 3.8) is 0 Å². The molecule has 0 aromatic heterocycles. The molecular weight excluding hydrogens is 348 g/mol. The van der Waals surface area contributed by atoms with E-state index in [1.807, 2.05) is 18.2 Å². The lowest BCUT2D eigenvalue weighted by Crippen LogP contribution is -2.22. The number of aliphatic hydroxyl groups is 2. The van der Waals surface area contributed by atoms with Crippen molar-refractivity contribution < 1.29 is 29.2 Å². The summed E-state index contributed by atoms with van der Waals surface area (Å²) < 4.78 is 21.0. The van der Waals surface area contributed by atoms with Crippen molar-refractivity contribution in [3.8, 4) is 11.5 Å². The Hall–Kier alpha value is -1.57. The summed E-state index contributed by atoms with van der Waals surface area (Å²) in [6.45, 7) is 0.614. The van der Waals surface area contributed by atoms with Crippen LogP contribution in [0.3, 0.4) is 0 Å². The van der Waals surface area contributed by atoms with Crippen LogP contribution in [0.15, 0.2) is 30.3 Å². The highest BCUT2D eigenvalue weighted by molar-refractivity contribution is 6.33. The smallest absolute Gasteiger partial charge is 0.145 e. The highest BCUT2D eigenvalue weighted by Gasteiger charge is 2.12. The summed E-state index contributed by atoms with van der Waals surface area (Å²) in [5.74, 6) is 1.12. The molecule has 0 saturated carbocycles. The number of methoxy groups -OCH3 is 2. The maximum atomic E-state index is 9.74. The summed E-state index contributed by atoms with van der Waals surface area (Å²) in [5, 5.41) is 21.5. The average Bonchev–Trinajstić information content (AvgIpc) is 2.59. The Morgan fingerprint density at radius 1 is 0.880 bits per heavy atom. The van der Waals surface area contributed by atoms with Crippen molar-refractivity contribution in [3.05, 3.63) is 35.4 Å². The maximum absolute atomic E-state index is 9.74. The number of hydrogen-bond donors (Lipinski definition) is 2. The van der Waals surface area contributed by atoms with Crippen LogP contribution in [0.2, 0.25) is 5.02 Å². The van der Waals surface area contributed by atoms with Crippen LogP contribution in [0.1, 0.15) is 0 Å². The minimum atomic E-state index is -0.735. The standard InChI is InChI=1S/C18H23ClO6/c1-22-8-13(20)10-24-15-4-5-16-12(7-15)3-6-17(19)18(16)25-11-14(21)9-23-2/h3-7,13-14,20-21H,8-11H2,1-2H3. The van der Waals surface area contributed by atoms with Gasteiger partial charge < -0.3 is 29.2 Å². The molecule has 0 radical (unpaired) electrons. The summed E-state index contributed by atoms with van der Waals surface area (Å²) in [4.78, 5) is 0. The van der Waals surface area contributed by atoms with Crippen molar-refractivity contribution in [1.29, 1.82) is 0 Å². The van der Waals surface area contributed by atoms with Crippen LogP contribution in [0.25, 0.3) is 10.8 Å². The third-order valence-corrected chi connectivity index (χ3v) is 3.77. The largest absolute Gasteiger partial charge is 0.491 e. The minimum Gasteiger partial charge on any atom is -0.491 e. The van der Waals surface area contributed by atoms with E-state index in [0.29, 0.717) is 16.5 Å². The zero-order chi connectivity index (χ0) is 18.2. The van der Waals surface area contributed by atoms with Gasteiger partial charge in [0.15, 0.2) is 0 Å². The second-order valence-corrected chi connectivity index (χ2v) is 6.01. The molecule has 0 aliphatic rings. The summed E-state index contributed by atoms with van der Waals surface area (Å²) in [6, 6.07) is 9.03. The molecule has 2 aromatic rings. The van der Waals surface area contributed by atoms with Crippen LogP contribution >= 0.6 is 11.6 Å². The van der Waals surface area contributed by atoms with Crippen LogP contribution in [0.5, 0.6) is 11.5 Å². The van der Waals surface area contributed by atoms with Crippen LogP contribution < -0.4 is 9.47 Å². The first kappa shape index (κ1) is 19.8. The van der Waals surface area contributed by atoms with Crippen molar-refractivity contribution in [2.24, 2.45) is 0 Å². The van der Waals surface area contributed by atoms with Crippen LogP contribution in [0, 0.1) is 0 Å². The van der Waals surface area contributed by atoms with Gasteiger partial charge in [-0.2, -0.15) is 0 Å². The second kappa shape index (κ2) is 9.79. The number of aliphatic hydroxyl groups excluding tert-OH is 2. The van der Waals surface area contributed by atoms with E-state index >= 15 is 0 Å². The molecule has 138 valence electrons. The Morgan fingerprint density at radius 2 is 1.52 bits per heavy atom. The molecule has 7 heteroatoms. The SMILES string of the molecule is COCC(O)COc1ccc2c(OCC(O)COC)c(Cl)ccc2c1. The van der Waals surface area contributed by atoms with E-state index in [4.69, 9.17) is 30.5 Å². The van der Waals surface area contributed by atoms with E-state index in [-0.39, 0.29) is 26.4 Å². The molecule has 2 unspecified atom stereocenters. The van der Waals surface area contributed by atoms with Crippen molar-refractivity contribution in [1.82, 2.24) is 0 Å². The molecule has 0 fully saturated rings. The summed E-state index contributed by atoms with van der Waals surface area (Å²) in [5.41, 5.74) is 0. The van der Waals surface area contributed by atoms with E-state index in [1.165, 1.54) is 14.2 Å². The molecule has 2 atom stereocenters. The Labute approximate surface area is 151 Å². The van der Waals surface area contributed by atoms with E-state index in [9.17, 15) is 10.2 Å². The van der Waals surface area contributed by atoms with Gasteiger partial charge in [-0.15, -0.1) is 0 Å². The Morgan fingerprint density at radius 3 is 2.16 bits per heavy atom. The quantitative estimate of drug-likeness (QED) is 0.668. The molecule has 0 amide bonds. The van der Waals surface area contributed by atoms with Crippen LogP contribution in [0.4, 0.5) is 0 Å². The molecule has 0 heterocycles. The normalized spacial score (nSPS) is 13.6. The van der Waals surface area contributed by atoms with Crippen molar-refractivity contribution in [2.75, 3.05) is 40.6 Å². The van der Waals surface area contributed by atoms with Crippen molar-refractivity contribution >= 4 is 22.4 Å². The van der Waals surface area contributed by atoms with Gasteiger partial charge in [-0.3, -0.25) is 0 Å². The number of benzene rings is 2. The van der Waals surface area contributed by atoms with Crippen LogP contribution in [-0.2, 0) is 9.47 Å². The van der Waals surface area contributed by atoms with Gasteiger partial charge >= 0.3 is 0 Å². The number of fused-ring (bicyclic) bond motifs is 1. The van der Waals surface area contributed by atoms with Crippen molar-refractivity contribution in [2.45, 2.75) is 12.2 Å². The van der Waals surface area contributed by atoms with Gasteiger partial charge in [-0.25, -0.2) is 0 Å². The number of halogens is 1. The average molecular weight is 371 g/mol. The van der Waals surface area contributed by atoms with Crippen LogP contribution in [-0.4, -0.2) is 63.1 Å². The lowest BCUT2D eigenvalue weighted by molar-refractivity contribution is 0.0325. The molecular formula is C18H23ClO6. The lowest BCUT2D eigenvalue weighted by atomic mass is 10.1.